The zero-order chi connectivity index (χ0) is 20.1. The number of methoxy groups -OCH3 is 1. The van der Waals surface area contributed by atoms with Gasteiger partial charge in [-0.25, -0.2) is 4.79 Å². The van der Waals surface area contributed by atoms with Crippen LogP contribution in [0.15, 0.2) is 29.4 Å². The van der Waals surface area contributed by atoms with Crippen LogP contribution in [0.25, 0.3) is 11.4 Å². The van der Waals surface area contributed by atoms with Crippen molar-refractivity contribution < 1.29 is 14.3 Å². The molecule has 3 N–H and O–H groups in total. The Bertz CT molecular complexity index is 837. The maximum Gasteiger partial charge on any atom is 0.318 e. The van der Waals surface area contributed by atoms with E-state index in [0.29, 0.717) is 11.1 Å². The molecule has 0 aliphatic heterocycles. The molecule has 0 bridgehead atoms. The van der Waals surface area contributed by atoms with E-state index in [1.165, 1.54) is 18.2 Å². The van der Waals surface area contributed by atoms with E-state index in [9.17, 15) is 9.59 Å². The number of thioether (sulfide) groups is 1. The van der Waals surface area contributed by atoms with E-state index >= 15 is 0 Å². The number of ether oxygens (including phenoxy) is 1. The van der Waals surface area contributed by atoms with Gasteiger partial charge in [-0.2, -0.15) is 0 Å². The molecule has 1 aliphatic carbocycles. The molecule has 9 heteroatoms. The molecular formula is C19H25N5O3S. The van der Waals surface area contributed by atoms with Gasteiger partial charge in [-0.3, -0.25) is 14.7 Å². The number of nitrogens with one attached hydrogen (secondary N) is 1. The molecule has 3 rings (SSSR count). The van der Waals surface area contributed by atoms with Gasteiger partial charge in [-0.15, -0.1) is 10.2 Å². The fourth-order valence-corrected chi connectivity index (χ4v) is 4.39. The number of imide groups is 1. The summed E-state index contributed by atoms with van der Waals surface area (Å²) in [5.74, 6) is 1.64. The maximum atomic E-state index is 11.8. The van der Waals surface area contributed by atoms with E-state index in [-0.39, 0.29) is 11.8 Å². The average Bonchev–Trinajstić information content (AvgIpc) is 3.10. The Balaban J connectivity index is 1.91. The molecule has 150 valence electrons. The molecule has 1 aromatic carbocycles. The minimum atomic E-state index is -0.855. The Hall–Kier alpha value is -2.55. The molecule has 28 heavy (non-hydrogen) atoms. The Morgan fingerprint density at radius 3 is 2.61 bits per heavy atom. The lowest BCUT2D eigenvalue weighted by molar-refractivity contribution is -0.117. The standard InChI is InChI=1S/C19H25N5O3S/c1-12-5-3-4-6-15(12)24-17(13-7-9-14(27-2)10-8-13)22-23-19(24)28-11-16(25)21-18(20)26/h7-10,12,15H,3-6,11H2,1-2H3,(H3,20,21,25,26)/t12-,15-/m0/s1. The molecule has 0 unspecified atom stereocenters. The first-order valence-electron chi connectivity index (χ1n) is 9.31. The summed E-state index contributed by atoms with van der Waals surface area (Å²) < 4.78 is 7.39. The van der Waals surface area contributed by atoms with Crippen LogP contribution < -0.4 is 15.8 Å². The number of benzene rings is 1. The topological polar surface area (TPSA) is 112 Å². The van der Waals surface area contributed by atoms with Crippen LogP contribution in [-0.2, 0) is 4.79 Å². The molecule has 1 heterocycles. The summed E-state index contributed by atoms with van der Waals surface area (Å²) in [6.45, 7) is 2.25. The summed E-state index contributed by atoms with van der Waals surface area (Å²) in [5.41, 5.74) is 5.95. The molecule has 2 atom stereocenters. The van der Waals surface area contributed by atoms with Gasteiger partial charge in [0, 0.05) is 11.6 Å². The van der Waals surface area contributed by atoms with Crippen LogP contribution in [0.1, 0.15) is 38.6 Å². The Morgan fingerprint density at radius 2 is 1.96 bits per heavy atom. The van der Waals surface area contributed by atoms with Crippen LogP contribution >= 0.6 is 11.8 Å². The van der Waals surface area contributed by atoms with Crippen molar-refractivity contribution in [1.29, 1.82) is 0 Å². The number of carbonyl (C=O) groups excluding carboxylic acids is 2. The minimum Gasteiger partial charge on any atom is -0.497 e. The van der Waals surface area contributed by atoms with Crippen molar-refractivity contribution in [2.45, 2.75) is 43.8 Å². The first-order chi connectivity index (χ1) is 13.5. The van der Waals surface area contributed by atoms with Gasteiger partial charge in [0.05, 0.1) is 12.9 Å². The van der Waals surface area contributed by atoms with Gasteiger partial charge in [-0.05, 0) is 43.0 Å². The van der Waals surface area contributed by atoms with Gasteiger partial charge in [0.15, 0.2) is 11.0 Å². The van der Waals surface area contributed by atoms with Crippen molar-refractivity contribution in [3.8, 4) is 17.1 Å². The maximum absolute atomic E-state index is 11.8. The lowest BCUT2D eigenvalue weighted by atomic mass is 9.85. The number of aromatic nitrogens is 3. The van der Waals surface area contributed by atoms with Crippen LogP contribution in [0.2, 0.25) is 0 Å². The number of carbonyl (C=O) groups is 2. The van der Waals surface area contributed by atoms with E-state index < -0.39 is 11.9 Å². The Morgan fingerprint density at radius 1 is 1.25 bits per heavy atom. The van der Waals surface area contributed by atoms with Crippen LogP contribution in [-0.4, -0.2) is 39.6 Å². The second kappa shape index (κ2) is 9.09. The molecule has 1 aliphatic rings. The first kappa shape index (κ1) is 20.2. The highest BCUT2D eigenvalue weighted by molar-refractivity contribution is 7.99. The Kier molecular flexibility index (Phi) is 6.56. The number of rotatable bonds is 6. The van der Waals surface area contributed by atoms with Crippen molar-refractivity contribution in [3.63, 3.8) is 0 Å². The molecule has 0 spiro atoms. The first-order valence-corrected chi connectivity index (χ1v) is 10.3. The van der Waals surface area contributed by atoms with Gasteiger partial charge >= 0.3 is 6.03 Å². The third-order valence-electron chi connectivity index (χ3n) is 5.01. The predicted molar refractivity (Wildman–Crippen MR) is 107 cm³/mol. The van der Waals surface area contributed by atoms with E-state index in [2.05, 4.69) is 27.0 Å². The summed E-state index contributed by atoms with van der Waals surface area (Å²) in [4.78, 5) is 22.7. The molecular weight excluding hydrogens is 378 g/mol. The fraction of sp³-hybridized carbons (Fsp3) is 0.474. The van der Waals surface area contributed by atoms with Crippen LogP contribution in [0, 0.1) is 5.92 Å². The molecule has 1 saturated carbocycles. The highest BCUT2D eigenvalue weighted by Gasteiger charge is 2.29. The second-order valence-electron chi connectivity index (χ2n) is 6.93. The van der Waals surface area contributed by atoms with E-state index in [0.717, 1.165) is 36.4 Å². The highest BCUT2D eigenvalue weighted by Crippen LogP contribution is 2.39. The average molecular weight is 404 g/mol. The molecule has 0 saturated heterocycles. The van der Waals surface area contributed by atoms with Gasteiger partial charge < -0.3 is 10.5 Å². The van der Waals surface area contributed by atoms with Crippen LogP contribution in [0.5, 0.6) is 5.75 Å². The number of hydrogen-bond donors (Lipinski definition) is 2. The molecule has 0 radical (unpaired) electrons. The van der Waals surface area contributed by atoms with Crippen molar-refractivity contribution in [3.05, 3.63) is 24.3 Å². The summed E-state index contributed by atoms with van der Waals surface area (Å²) in [6, 6.07) is 7.12. The van der Waals surface area contributed by atoms with E-state index in [1.54, 1.807) is 7.11 Å². The van der Waals surface area contributed by atoms with Crippen molar-refractivity contribution in [2.24, 2.45) is 11.7 Å². The van der Waals surface area contributed by atoms with Crippen LogP contribution in [0.4, 0.5) is 4.79 Å². The number of nitrogens with two attached hydrogens (primary N) is 1. The van der Waals surface area contributed by atoms with E-state index in [1.807, 2.05) is 24.3 Å². The number of urea groups is 1. The number of hydrogen-bond acceptors (Lipinski definition) is 6. The van der Waals surface area contributed by atoms with Gasteiger partial charge in [0.25, 0.3) is 0 Å². The highest BCUT2D eigenvalue weighted by atomic mass is 32.2. The molecule has 1 fully saturated rings. The SMILES string of the molecule is COc1ccc(-c2nnc(SCC(=O)NC(N)=O)n2[C@H]2CCCC[C@@H]2C)cc1. The van der Waals surface area contributed by atoms with Gasteiger partial charge in [-0.1, -0.05) is 31.5 Å². The molecule has 8 nitrogen and oxygen atoms in total. The zero-order valence-corrected chi connectivity index (χ0v) is 16.9. The van der Waals surface area contributed by atoms with Gasteiger partial charge in [0.2, 0.25) is 5.91 Å². The smallest absolute Gasteiger partial charge is 0.318 e. The summed E-state index contributed by atoms with van der Waals surface area (Å²) in [6.07, 6.45) is 4.57. The number of primary amides is 1. The Labute approximate surface area is 168 Å². The van der Waals surface area contributed by atoms with Crippen molar-refractivity contribution in [2.75, 3.05) is 12.9 Å². The molecule has 2 aromatic rings. The summed E-state index contributed by atoms with van der Waals surface area (Å²) in [5, 5.41) is 11.5. The monoisotopic (exact) mass is 403 g/mol. The lowest BCUT2D eigenvalue weighted by Gasteiger charge is -2.31. The number of amides is 3. The second-order valence-corrected chi connectivity index (χ2v) is 7.88. The van der Waals surface area contributed by atoms with Gasteiger partial charge in [0.1, 0.15) is 5.75 Å². The third kappa shape index (κ3) is 4.64. The minimum absolute atomic E-state index is 0.0464. The van der Waals surface area contributed by atoms with Crippen molar-refractivity contribution in [1.82, 2.24) is 20.1 Å². The van der Waals surface area contributed by atoms with Crippen molar-refractivity contribution >= 4 is 23.7 Å². The normalized spacial score (nSPS) is 19.2. The summed E-state index contributed by atoms with van der Waals surface area (Å²) >= 11 is 1.26. The third-order valence-corrected chi connectivity index (χ3v) is 5.95. The van der Waals surface area contributed by atoms with Crippen LogP contribution in [0.3, 0.4) is 0 Å². The summed E-state index contributed by atoms with van der Waals surface area (Å²) in [7, 11) is 1.63. The quantitative estimate of drug-likeness (QED) is 0.717. The molecule has 1 aromatic heterocycles. The fourth-order valence-electron chi connectivity index (χ4n) is 3.60. The lowest BCUT2D eigenvalue weighted by Crippen LogP contribution is -2.36. The van der Waals surface area contributed by atoms with E-state index in [4.69, 9.17) is 10.5 Å². The predicted octanol–water partition coefficient (Wildman–Crippen LogP) is 2.99. The number of nitrogens with zero attached hydrogens (tertiary/aromatic N) is 3. The zero-order valence-electron chi connectivity index (χ0n) is 16.1. The molecule has 3 amide bonds. The largest absolute Gasteiger partial charge is 0.497 e.